The van der Waals surface area contributed by atoms with Crippen LogP contribution in [0.15, 0.2) is 65.7 Å². The van der Waals surface area contributed by atoms with E-state index in [-0.39, 0.29) is 13.0 Å². The molecule has 0 aliphatic carbocycles. The molecule has 2 aromatic carbocycles. The first-order chi connectivity index (χ1) is 11.7. The smallest absolute Gasteiger partial charge is 0.364 e. The van der Waals surface area contributed by atoms with E-state index < -0.39 is 24.5 Å². The van der Waals surface area contributed by atoms with E-state index in [0.29, 0.717) is 0 Å². The van der Waals surface area contributed by atoms with Crippen LogP contribution in [0.3, 0.4) is 0 Å². The van der Waals surface area contributed by atoms with Crippen molar-refractivity contribution in [1.29, 1.82) is 5.39 Å². The van der Waals surface area contributed by atoms with Gasteiger partial charge in [0.15, 0.2) is 0 Å². The van der Waals surface area contributed by atoms with Gasteiger partial charge in [0.1, 0.15) is 17.1 Å². The molecule has 0 N–H and O–H groups in total. The van der Waals surface area contributed by atoms with Crippen LogP contribution in [0.5, 0.6) is 0 Å². The van der Waals surface area contributed by atoms with E-state index in [9.17, 15) is 9.90 Å². The summed E-state index contributed by atoms with van der Waals surface area (Å²) in [5.41, 5.74) is 1.69. The lowest BCUT2D eigenvalue weighted by molar-refractivity contribution is -0.252. The van der Waals surface area contributed by atoms with Gasteiger partial charge in [-0.25, -0.2) is 0 Å². The molecule has 2 rings (SSSR count). The summed E-state index contributed by atoms with van der Waals surface area (Å²) in [5.74, 6) is -0.446. The van der Waals surface area contributed by atoms with Crippen LogP contribution in [0.25, 0.3) is 4.98 Å². The number of hydrogen-bond donors (Lipinski definition) is 0. The second kappa shape index (κ2) is 9.06. The Hall–Kier alpha value is -3.20. The maximum atomic E-state index is 12.0. The summed E-state index contributed by atoms with van der Waals surface area (Å²) in [4.78, 5) is 18.7. The SMILES string of the molecule is N#[N+]CC(=O)C(Cc1ccccc1)N=C([O-])OCc1ccccc1. The van der Waals surface area contributed by atoms with Crippen LogP contribution >= 0.6 is 0 Å². The minimum absolute atomic E-state index is 0.0831. The Bertz CT molecular complexity index is 724. The molecule has 0 aliphatic rings. The van der Waals surface area contributed by atoms with Crippen molar-refractivity contribution in [2.75, 3.05) is 6.54 Å². The average molecular weight is 323 g/mol. The van der Waals surface area contributed by atoms with Crippen molar-refractivity contribution in [3.8, 4) is 0 Å². The lowest BCUT2D eigenvalue weighted by atomic mass is 10.0. The number of ketones is 1. The largest absolute Gasteiger partial charge is 0.596 e. The second-order valence-corrected chi connectivity index (χ2v) is 5.14. The molecule has 0 spiro atoms. The summed E-state index contributed by atoms with van der Waals surface area (Å²) in [6.45, 7) is -0.327. The number of carbonyl (C=O) groups excluding carboxylic acids is 1. The van der Waals surface area contributed by atoms with Gasteiger partial charge < -0.3 is 9.84 Å². The van der Waals surface area contributed by atoms with Gasteiger partial charge in [-0.1, -0.05) is 60.7 Å². The fraction of sp³-hybridized carbons (Fsp3) is 0.222. The van der Waals surface area contributed by atoms with Gasteiger partial charge in [0.05, 0.1) is 0 Å². The van der Waals surface area contributed by atoms with Crippen molar-refractivity contribution >= 4 is 11.9 Å². The first-order valence-corrected chi connectivity index (χ1v) is 7.48. The van der Waals surface area contributed by atoms with Crippen LogP contribution in [-0.4, -0.2) is 24.5 Å². The van der Waals surface area contributed by atoms with Gasteiger partial charge in [-0.05, 0) is 11.1 Å². The van der Waals surface area contributed by atoms with Crippen LogP contribution in [0, 0.1) is 5.39 Å². The molecule has 0 amide bonds. The standard InChI is InChI=1S/C18H17N3O3/c19-20-12-17(22)16(11-14-7-3-1-4-8-14)21-18(23)24-13-15-9-5-2-6-10-15/h1-10,16H,11-13H2. The second-order valence-electron chi connectivity index (χ2n) is 5.14. The molecule has 0 saturated heterocycles. The Labute approximate surface area is 140 Å². The number of aliphatic imine (C=N–C) groups is 1. The van der Waals surface area contributed by atoms with Gasteiger partial charge in [0.25, 0.3) is 0 Å². The molecule has 6 nitrogen and oxygen atoms in total. The minimum atomic E-state index is -0.938. The van der Waals surface area contributed by atoms with E-state index in [0.717, 1.165) is 11.1 Å². The van der Waals surface area contributed by atoms with E-state index in [1.54, 1.807) is 0 Å². The highest BCUT2D eigenvalue weighted by Crippen LogP contribution is 2.08. The summed E-state index contributed by atoms with van der Waals surface area (Å²) >= 11 is 0. The molecule has 0 aromatic heterocycles. The molecule has 0 aliphatic heterocycles. The molecule has 6 heteroatoms. The third-order valence-electron chi connectivity index (χ3n) is 3.34. The predicted octanol–water partition coefficient (Wildman–Crippen LogP) is 1.95. The fourth-order valence-electron chi connectivity index (χ4n) is 2.13. The molecule has 0 fully saturated rings. The Balaban J connectivity index is 2.05. The van der Waals surface area contributed by atoms with E-state index >= 15 is 0 Å². The van der Waals surface area contributed by atoms with Crippen molar-refractivity contribution in [3.05, 3.63) is 76.8 Å². The van der Waals surface area contributed by atoms with E-state index in [1.165, 1.54) is 0 Å². The van der Waals surface area contributed by atoms with E-state index in [1.807, 2.05) is 60.7 Å². The highest BCUT2D eigenvalue weighted by atomic mass is 16.6. The maximum absolute atomic E-state index is 12.0. The zero-order valence-electron chi connectivity index (χ0n) is 13.0. The zero-order chi connectivity index (χ0) is 17.2. The van der Waals surface area contributed by atoms with E-state index in [2.05, 4.69) is 9.97 Å². The van der Waals surface area contributed by atoms with Crippen LogP contribution in [0.4, 0.5) is 0 Å². The molecule has 0 radical (unpaired) electrons. The van der Waals surface area contributed by atoms with Gasteiger partial charge in [-0.3, -0.25) is 9.79 Å². The molecule has 0 bridgehead atoms. The Morgan fingerprint density at radius 3 is 2.25 bits per heavy atom. The third-order valence-corrected chi connectivity index (χ3v) is 3.34. The van der Waals surface area contributed by atoms with Crippen LogP contribution in [0.1, 0.15) is 11.1 Å². The minimum Gasteiger partial charge on any atom is -0.596 e. The molecular formula is C18H17N3O3. The number of rotatable bonds is 7. The Morgan fingerprint density at radius 2 is 1.67 bits per heavy atom. The predicted molar refractivity (Wildman–Crippen MR) is 87.6 cm³/mol. The van der Waals surface area contributed by atoms with Crippen LogP contribution in [0.2, 0.25) is 0 Å². The summed E-state index contributed by atoms with van der Waals surface area (Å²) in [7, 11) is 0. The highest BCUT2D eigenvalue weighted by molar-refractivity contribution is 5.88. The van der Waals surface area contributed by atoms with Gasteiger partial charge in [0, 0.05) is 13.0 Å². The lowest BCUT2D eigenvalue weighted by Crippen LogP contribution is -2.30. The lowest BCUT2D eigenvalue weighted by Gasteiger charge is -2.17. The first kappa shape index (κ1) is 17.2. The normalized spacial score (nSPS) is 12.2. The number of Topliss-reactive ketones (excluding diaryl/α,β-unsaturated/α-hetero) is 1. The first-order valence-electron chi connectivity index (χ1n) is 7.48. The van der Waals surface area contributed by atoms with E-state index in [4.69, 9.17) is 10.1 Å². The van der Waals surface area contributed by atoms with Gasteiger partial charge >= 0.3 is 6.54 Å². The monoisotopic (exact) mass is 323 g/mol. The molecule has 1 unspecified atom stereocenters. The van der Waals surface area contributed by atoms with Crippen LogP contribution < -0.4 is 5.11 Å². The quantitative estimate of drug-likeness (QED) is 0.442. The third kappa shape index (κ3) is 5.54. The number of hydrogen-bond acceptors (Lipinski definition) is 5. The summed E-state index contributed by atoms with van der Waals surface area (Å²) < 4.78 is 5.07. The number of ether oxygens (including phenoxy) is 1. The van der Waals surface area contributed by atoms with Gasteiger partial charge in [-0.2, -0.15) is 0 Å². The number of diazo groups is 1. The van der Waals surface area contributed by atoms with Crippen molar-refractivity contribution in [2.24, 2.45) is 4.99 Å². The summed E-state index contributed by atoms with van der Waals surface area (Å²) in [5, 5.41) is 20.5. The molecule has 0 heterocycles. The topological polar surface area (TPSA) is 89.9 Å². The van der Waals surface area contributed by atoms with Crippen molar-refractivity contribution in [2.45, 2.75) is 19.1 Å². The molecule has 24 heavy (non-hydrogen) atoms. The summed E-state index contributed by atoms with van der Waals surface area (Å²) in [6, 6.07) is 17.4. The van der Waals surface area contributed by atoms with Crippen LogP contribution in [-0.2, 0) is 22.6 Å². The van der Waals surface area contributed by atoms with Crippen molar-refractivity contribution < 1.29 is 14.6 Å². The van der Waals surface area contributed by atoms with Gasteiger partial charge in [0.2, 0.25) is 11.2 Å². The molecule has 1 atom stereocenters. The van der Waals surface area contributed by atoms with Gasteiger partial charge in [-0.15, -0.1) is 0 Å². The average Bonchev–Trinajstić information content (AvgIpc) is 2.61. The maximum Gasteiger partial charge on any atom is 0.364 e. The number of nitrogens with zero attached hydrogens (tertiary/aromatic N) is 3. The zero-order valence-corrected chi connectivity index (χ0v) is 13.0. The molecule has 2 aromatic rings. The fourth-order valence-corrected chi connectivity index (χ4v) is 2.13. The number of benzene rings is 2. The highest BCUT2D eigenvalue weighted by Gasteiger charge is 2.23. The summed E-state index contributed by atoms with van der Waals surface area (Å²) in [6.07, 6.45) is -0.568. The molecule has 122 valence electrons. The Kier molecular flexibility index (Phi) is 6.47. The number of carbonyl (C=O) groups is 1. The van der Waals surface area contributed by atoms with Crippen molar-refractivity contribution in [1.82, 2.24) is 0 Å². The Morgan fingerprint density at radius 1 is 1.08 bits per heavy atom. The molecular weight excluding hydrogens is 306 g/mol. The molecule has 0 saturated carbocycles. The van der Waals surface area contributed by atoms with Crippen molar-refractivity contribution in [3.63, 3.8) is 0 Å².